The summed E-state index contributed by atoms with van der Waals surface area (Å²) >= 11 is 0.669. The van der Waals surface area contributed by atoms with E-state index in [1.807, 2.05) is 33.8 Å². The Morgan fingerprint density at radius 3 is 2.46 bits per heavy atom. The molecular weight excluding hydrogens is 505 g/mol. The molecule has 200 valence electrons. The minimum atomic E-state index is -4.92. The van der Waals surface area contributed by atoms with Crippen molar-refractivity contribution in [3.05, 3.63) is 51.9 Å². The van der Waals surface area contributed by atoms with Gasteiger partial charge >= 0.3 is 6.36 Å². The number of amides is 2. The van der Waals surface area contributed by atoms with Gasteiger partial charge in [0, 0.05) is 31.3 Å². The Labute approximate surface area is 219 Å². The van der Waals surface area contributed by atoms with Crippen molar-refractivity contribution in [1.29, 1.82) is 0 Å². The number of fused-ring (bicyclic) bond motifs is 1. The number of nitrogens with zero attached hydrogens (tertiary/aromatic N) is 1. The maximum Gasteiger partial charge on any atom is 0.573 e. The highest BCUT2D eigenvalue weighted by atomic mass is 32.2. The van der Waals surface area contributed by atoms with E-state index < -0.39 is 17.4 Å². The quantitative estimate of drug-likeness (QED) is 0.316. The van der Waals surface area contributed by atoms with Crippen LogP contribution in [0.3, 0.4) is 0 Å². The van der Waals surface area contributed by atoms with E-state index in [1.54, 1.807) is 17.9 Å². The summed E-state index contributed by atoms with van der Waals surface area (Å²) in [5.74, 6) is -0.486. The monoisotopic (exact) mass is 536 g/mol. The third-order valence-corrected chi connectivity index (χ3v) is 6.49. The first kappa shape index (κ1) is 30.0. The highest BCUT2D eigenvalue weighted by molar-refractivity contribution is 8.17. The standard InChI is InChI=1S/C25H25F3N2O4S.C2H6/c1-5-30-21-12-18(14(2)8-19(21)15(3)9-23(30)32)20-11-16(6-7-22(20)34-25(26,27)28)10-17(13-31)35-24(33)29-4;1-2/h6-8,10-13,15H,5,9H2,1-4H3,(H,29,33);1-2H3/b17-10-;. The number of aryl methyl sites for hydroxylation is 1. The van der Waals surface area contributed by atoms with Crippen LogP contribution in [0, 0.1) is 6.92 Å². The number of halogens is 3. The van der Waals surface area contributed by atoms with Crippen molar-refractivity contribution in [2.75, 3.05) is 18.5 Å². The fourth-order valence-electron chi connectivity index (χ4n) is 4.07. The van der Waals surface area contributed by atoms with Gasteiger partial charge in [0.25, 0.3) is 5.24 Å². The van der Waals surface area contributed by atoms with Gasteiger partial charge in [0.15, 0.2) is 6.29 Å². The molecule has 1 N–H and O–H groups in total. The van der Waals surface area contributed by atoms with Gasteiger partial charge in [-0.05, 0) is 78.1 Å². The zero-order valence-electron chi connectivity index (χ0n) is 21.7. The molecule has 3 rings (SSSR count). The minimum Gasteiger partial charge on any atom is -0.405 e. The van der Waals surface area contributed by atoms with Crippen LogP contribution < -0.4 is 15.0 Å². The van der Waals surface area contributed by atoms with Gasteiger partial charge in [-0.15, -0.1) is 13.2 Å². The van der Waals surface area contributed by atoms with Crippen LogP contribution >= 0.6 is 11.8 Å². The summed E-state index contributed by atoms with van der Waals surface area (Å²) in [5.41, 5.74) is 3.33. The molecule has 2 aromatic rings. The van der Waals surface area contributed by atoms with Crippen LogP contribution in [0.25, 0.3) is 17.2 Å². The number of alkyl halides is 3. The Morgan fingerprint density at radius 1 is 1.22 bits per heavy atom. The molecule has 1 unspecified atom stereocenters. The minimum absolute atomic E-state index is 0.0231. The molecule has 2 amide bonds. The van der Waals surface area contributed by atoms with Gasteiger partial charge in [0.05, 0.1) is 4.91 Å². The number of anilines is 1. The predicted octanol–water partition coefficient (Wildman–Crippen LogP) is 7.06. The molecule has 0 spiro atoms. The van der Waals surface area contributed by atoms with Crippen LogP contribution in [-0.2, 0) is 9.59 Å². The number of hydrogen-bond donors (Lipinski definition) is 1. The maximum absolute atomic E-state index is 13.2. The zero-order chi connectivity index (χ0) is 27.9. The van der Waals surface area contributed by atoms with Crippen LogP contribution in [0.5, 0.6) is 5.75 Å². The first-order chi connectivity index (χ1) is 17.5. The van der Waals surface area contributed by atoms with E-state index in [0.29, 0.717) is 53.4 Å². The molecule has 0 aliphatic carbocycles. The molecule has 0 radical (unpaired) electrons. The molecule has 0 fully saturated rings. The molecule has 1 heterocycles. The largest absolute Gasteiger partial charge is 0.573 e. The first-order valence-electron chi connectivity index (χ1n) is 11.9. The summed E-state index contributed by atoms with van der Waals surface area (Å²) in [7, 11) is 1.42. The van der Waals surface area contributed by atoms with Gasteiger partial charge in [-0.2, -0.15) is 0 Å². The Hall–Kier alpha value is -3.27. The SMILES string of the molecule is CC.CCN1C(=O)CC(C)c2cc(C)c(-c3cc(/C=C(/C=O)SC(=O)NC)ccc3OC(F)(F)F)cc21. The second-order valence-corrected chi connectivity index (χ2v) is 9.12. The molecule has 1 atom stereocenters. The molecule has 0 bridgehead atoms. The normalized spacial score (nSPS) is 15.4. The number of thioether (sulfide) groups is 1. The van der Waals surface area contributed by atoms with Crippen LogP contribution in [0.1, 0.15) is 56.7 Å². The van der Waals surface area contributed by atoms with Gasteiger partial charge in [0.2, 0.25) is 5.91 Å². The topological polar surface area (TPSA) is 75.7 Å². The van der Waals surface area contributed by atoms with Crippen molar-refractivity contribution in [1.82, 2.24) is 5.32 Å². The summed E-state index contributed by atoms with van der Waals surface area (Å²) in [5, 5.41) is 1.93. The van der Waals surface area contributed by atoms with E-state index in [4.69, 9.17) is 0 Å². The fourth-order valence-corrected chi connectivity index (χ4v) is 4.63. The summed E-state index contributed by atoms with van der Waals surface area (Å²) in [6.07, 6.45) is -2.65. The van der Waals surface area contributed by atoms with Crippen molar-refractivity contribution < 1.29 is 32.3 Å². The van der Waals surface area contributed by atoms with Gasteiger partial charge in [-0.3, -0.25) is 14.4 Å². The summed E-state index contributed by atoms with van der Waals surface area (Å²) in [6, 6.07) is 7.62. The Morgan fingerprint density at radius 2 is 1.89 bits per heavy atom. The van der Waals surface area contributed by atoms with Gasteiger partial charge in [-0.25, -0.2) is 0 Å². The fraction of sp³-hybridized carbons (Fsp3) is 0.370. The number of rotatable bonds is 6. The van der Waals surface area contributed by atoms with E-state index in [9.17, 15) is 27.6 Å². The van der Waals surface area contributed by atoms with Crippen molar-refractivity contribution in [2.45, 2.75) is 53.3 Å². The highest BCUT2D eigenvalue weighted by Gasteiger charge is 2.33. The van der Waals surface area contributed by atoms with Crippen molar-refractivity contribution in [2.24, 2.45) is 0 Å². The lowest BCUT2D eigenvalue weighted by Crippen LogP contribution is -2.36. The number of carbonyl (C=O) groups is 3. The van der Waals surface area contributed by atoms with Crippen molar-refractivity contribution in [3.8, 4) is 16.9 Å². The molecule has 1 aliphatic heterocycles. The van der Waals surface area contributed by atoms with Crippen LogP contribution in [-0.4, -0.2) is 37.4 Å². The molecule has 10 heteroatoms. The first-order valence-corrected chi connectivity index (χ1v) is 12.7. The number of allylic oxidation sites excluding steroid dienone is 1. The van der Waals surface area contributed by atoms with E-state index in [1.165, 1.54) is 31.3 Å². The number of hydrogen-bond acceptors (Lipinski definition) is 5. The van der Waals surface area contributed by atoms with E-state index >= 15 is 0 Å². The van der Waals surface area contributed by atoms with E-state index in [0.717, 1.165) is 5.56 Å². The number of aldehydes is 1. The molecule has 0 saturated heterocycles. The number of carbonyl (C=O) groups excluding carboxylic acids is 3. The maximum atomic E-state index is 13.2. The molecule has 0 aromatic heterocycles. The second-order valence-electron chi connectivity index (χ2n) is 8.08. The van der Waals surface area contributed by atoms with Crippen molar-refractivity contribution in [3.63, 3.8) is 0 Å². The molecular formula is C27H31F3N2O4S. The molecule has 0 saturated carbocycles. The van der Waals surface area contributed by atoms with Crippen molar-refractivity contribution >= 4 is 41.0 Å². The van der Waals surface area contributed by atoms with Gasteiger partial charge in [0.1, 0.15) is 5.75 Å². The summed E-state index contributed by atoms with van der Waals surface area (Å²) in [6.45, 7) is 9.99. The summed E-state index contributed by atoms with van der Waals surface area (Å²) < 4.78 is 43.9. The van der Waals surface area contributed by atoms with E-state index in [2.05, 4.69) is 10.1 Å². The Kier molecular flexibility index (Phi) is 10.4. The van der Waals surface area contributed by atoms with Gasteiger partial charge in [-0.1, -0.05) is 32.9 Å². The molecule has 37 heavy (non-hydrogen) atoms. The third kappa shape index (κ3) is 7.38. The molecule has 2 aromatic carbocycles. The third-order valence-electron chi connectivity index (χ3n) is 5.65. The lowest BCUT2D eigenvalue weighted by Gasteiger charge is -2.33. The smallest absolute Gasteiger partial charge is 0.405 e. The van der Waals surface area contributed by atoms with Crippen LogP contribution in [0.4, 0.5) is 23.7 Å². The predicted molar refractivity (Wildman–Crippen MR) is 142 cm³/mol. The molecule has 6 nitrogen and oxygen atoms in total. The number of nitrogens with one attached hydrogen (secondary N) is 1. The number of benzene rings is 2. The van der Waals surface area contributed by atoms with Crippen LogP contribution in [0.2, 0.25) is 0 Å². The number of ether oxygens (including phenoxy) is 1. The lowest BCUT2D eigenvalue weighted by atomic mass is 9.86. The Bertz CT molecular complexity index is 1190. The van der Waals surface area contributed by atoms with E-state index in [-0.39, 0.29) is 22.3 Å². The average molecular weight is 537 g/mol. The molecule has 1 aliphatic rings. The average Bonchev–Trinajstić information content (AvgIpc) is 2.85. The summed E-state index contributed by atoms with van der Waals surface area (Å²) in [4.78, 5) is 37.4. The van der Waals surface area contributed by atoms with Crippen LogP contribution in [0.15, 0.2) is 35.2 Å². The second kappa shape index (κ2) is 12.8. The Balaban J connectivity index is 0.00000235. The lowest BCUT2D eigenvalue weighted by molar-refractivity contribution is -0.274. The zero-order valence-corrected chi connectivity index (χ0v) is 22.5. The van der Waals surface area contributed by atoms with Gasteiger partial charge < -0.3 is 15.0 Å². The highest BCUT2D eigenvalue weighted by Crippen LogP contribution is 2.43.